The second-order valence-electron chi connectivity index (χ2n) is 4.43. The number of halogens is 2. The Bertz CT molecular complexity index is 378. The lowest BCUT2D eigenvalue weighted by Gasteiger charge is -2.19. The van der Waals surface area contributed by atoms with E-state index in [0.717, 1.165) is 5.56 Å². The van der Waals surface area contributed by atoms with Gasteiger partial charge >= 0.3 is 0 Å². The summed E-state index contributed by atoms with van der Waals surface area (Å²) in [6, 6.07) is 7.48. The first-order chi connectivity index (χ1) is 7.91. The van der Waals surface area contributed by atoms with Crippen molar-refractivity contribution >= 4 is 33.4 Å². The summed E-state index contributed by atoms with van der Waals surface area (Å²) in [4.78, 5) is 11.7. The van der Waals surface area contributed by atoms with Gasteiger partial charge in [-0.2, -0.15) is 0 Å². The van der Waals surface area contributed by atoms with Crippen molar-refractivity contribution in [3.8, 4) is 0 Å². The van der Waals surface area contributed by atoms with Crippen LogP contribution in [0.25, 0.3) is 0 Å². The van der Waals surface area contributed by atoms with Crippen molar-refractivity contribution in [2.24, 2.45) is 5.92 Å². The lowest BCUT2D eigenvalue weighted by molar-refractivity contribution is -0.121. The molecule has 0 saturated carbocycles. The van der Waals surface area contributed by atoms with E-state index >= 15 is 0 Å². The summed E-state index contributed by atoms with van der Waals surface area (Å²) in [7, 11) is 0. The van der Waals surface area contributed by atoms with Crippen molar-refractivity contribution in [1.82, 2.24) is 5.32 Å². The largest absolute Gasteiger partial charge is 0.349 e. The molecular formula is C13H17BrClNO. The Balaban J connectivity index is 2.63. The topological polar surface area (TPSA) is 29.1 Å². The highest BCUT2D eigenvalue weighted by atomic mass is 79.9. The Morgan fingerprint density at radius 3 is 2.24 bits per heavy atom. The highest BCUT2D eigenvalue weighted by Crippen LogP contribution is 2.18. The van der Waals surface area contributed by atoms with Gasteiger partial charge in [0.2, 0.25) is 5.91 Å². The molecule has 2 unspecified atom stereocenters. The van der Waals surface area contributed by atoms with Crippen LogP contribution in [0.5, 0.6) is 0 Å². The highest BCUT2D eigenvalue weighted by molar-refractivity contribution is 9.10. The summed E-state index contributed by atoms with van der Waals surface area (Å²) in [6.45, 7) is 5.97. The molecule has 2 nitrogen and oxygen atoms in total. The fraction of sp³-hybridized carbons (Fsp3) is 0.462. The van der Waals surface area contributed by atoms with E-state index in [4.69, 9.17) is 11.6 Å². The van der Waals surface area contributed by atoms with Gasteiger partial charge in [0.25, 0.3) is 0 Å². The van der Waals surface area contributed by atoms with Gasteiger partial charge in [0.15, 0.2) is 0 Å². The maximum Gasteiger partial charge on any atom is 0.234 e. The molecule has 1 aromatic carbocycles. The molecule has 2 atom stereocenters. The van der Waals surface area contributed by atoms with Crippen LogP contribution in [0.2, 0.25) is 5.02 Å². The predicted molar refractivity (Wildman–Crippen MR) is 75.6 cm³/mol. The van der Waals surface area contributed by atoms with Gasteiger partial charge in [0.1, 0.15) is 0 Å². The molecule has 0 aliphatic heterocycles. The number of amides is 1. The van der Waals surface area contributed by atoms with Crippen LogP contribution in [-0.2, 0) is 4.79 Å². The zero-order valence-corrected chi connectivity index (χ0v) is 12.5. The van der Waals surface area contributed by atoms with Crippen LogP contribution in [0.3, 0.4) is 0 Å². The molecule has 0 bridgehead atoms. The number of hydrogen-bond donors (Lipinski definition) is 1. The maximum atomic E-state index is 11.9. The smallest absolute Gasteiger partial charge is 0.234 e. The second-order valence-corrected chi connectivity index (χ2v) is 5.85. The molecule has 1 amide bonds. The maximum absolute atomic E-state index is 11.9. The average Bonchev–Trinajstić information content (AvgIpc) is 2.28. The zero-order valence-electron chi connectivity index (χ0n) is 10.2. The minimum absolute atomic E-state index is 0.0152. The predicted octanol–water partition coefficient (Wildman–Crippen LogP) is 3.94. The Morgan fingerprint density at radius 1 is 1.24 bits per heavy atom. The van der Waals surface area contributed by atoms with Crippen molar-refractivity contribution < 1.29 is 4.79 Å². The first-order valence-corrected chi connectivity index (χ1v) is 6.91. The third-order valence-electron chi connectivity index (χ3n) is 2.56. The molecule has 0 spiro atoms. The molecule has 4 heteroatoms. The fourth-order valence-electron chi connectivity index (χ4n) is 1.43. The number of hydrogen-bond acceptors (Lipinski definition) is 1. The zero-order chi connectivity index (χ0) is 13.0. The Morgan fingerprint density at radius 2 is 1.76 bits per heavy atom. The van der Waals surface area contributed by atoms with E-state index in [1.54, 1.807) is 0 Å². The van der Waals surface area contributed by atoms with Crippen LogP contribution in [0.15, 0.2) is 24.3 Å². The normalized spacial score (nSPS) is 14.5. The van der Waals surface area contributed by atoms with Crippen molar-refractivity contribution in [2.75, 3.05) is 0 Å². The molecule has 0 radical (unpaired) electrons. The van der Waals surface area contributed by atoms with Gasteiger partial charge in [-0.25, -0.2) is 0 Å². The van der Waals surface area contributed by atoms with E-state index in [1.165, 1.54) is 0 Å². The molecule has 0 aliphatic rings. The van der Waals surface area contributed by atoms with Crippen LogP contribution in [0.1, 0.15) is 32.4 Å². The molecule has 1 N–H and O–H groups in total. The third kappa shape index (κ3) is 4.32. The molecule has 94 valence electrons. The summed E-state index contributed by atoms with van der Waals surface area (Å²) in [5.74, 6) is 0.287. The van der Waals surface area contributed by atoms with E-state index in [-0.39, 0.29) is 22.7 Å². The Labute approximate surface area is 116 Å². The van der Waals surface area contributed by atoms with Crippen LogP contribution in [0.4, 0.5) is 0 Å². The molecule has 0 saturated heterocycles. The van der Waals surface area contributed by atoms with Gasteiger partial charge in [0, 0.05) is 5.02 Å². The summed E-state index contributed by atoms with van der Waals surface area (Å²) in [5, 5.41) is 3.67. The summed E-state index contributed by atoms with van der Waals surface area (Å²) in [6.07, 6.45) is 0. The quantitative estimate of drug-likeness (QED) is 0.837. The van der Waals surface area contributed by atoms with Crippen LogP contribution >= 0.6 is 27.5 Å². The van der Waals surface area contributed by atoms with E-state index in [2.05, 4.69) is 21.2 Å². The monoisotopic (exact) mass is 317 g/mol. The molecule has 0 heterocycles. The summed E-state index contributed by atoms with van der Waals surface area (Å²) < 4.78 is 0. The number of benzene rings is 1. The van der Waals surface area contributed by atoms with E-state index < -0.39 is 0 Å². The molecule has 0 fully saturated rings. The minimum atomic E-state index is -0.155. The molecule has 1 aromatic rings. The van der Waals surface area contributed by atoms with Crippen LogP contribution < -0.4 is 5.32 Å². The number of carbonyl (C=O) groups is 1. The molecular weight excluding hydrogens is 302 g/mol. The van der Waals surface area contributed by atoms with Gasteiger partial charge in [-0.15, -0.1) is 0 Å². The van der Waals surface area contributed by atoms with Crippen molar-refractivity contribution in [3.05, 3.63) is 34.9 Å². The standard InChI is InChI=1S/C13H17BrClNO/c1-8(2)12(14)13(17)16-9(3)10-4-6-11(15)7-5-10/h4-9,12H,1-3H3,(H,16,17). The van der Waals surface area contributed by atoms with Crippen LogP contribution in [-0.4, -0.2) is 10.7 Å². The van der Waals surface area contributed by atoms with E-state index in [0.29, 0.717) is 5.02 Å². The van der Waals surface area contributed by atoms with Gasteiger partial charge in [-0.05, 0) is 30.5 Å². The van der Waals surface area contributed by atoms with Crippen molar-refractivity contribution in [2.45, 2.75) is 31.6 Å². The lowest BCUT2D eigenvalue weighted by atomic mass is 10.1. The van der Waals surface area contributed by atoms with Gasteiger partial charge < -0.3 is 5.32 Å². The fourth-order valence-corrected chi connectivity index (χ4v) is 1.69. The van der Waals surface area contributed by atoms with E-state index in [1.807, 2.05) is 45.0 Å². The first-order valence-electron chi connectivity index (χ1n) is 5.61. The van der Waals surface area contributed by atoms with Crippen molar-refractivity contribution in [3.63, 3.8) is 0 Å². The third-order valence-corrected chi connectivity index (χ3v) is 4.29. The van der Waals surface area contributed by atoms with Gasteiger partial charge in [-0.1, -0.05) is 53.5 Å². The van der Waals surface area contributed by atoms with Gasteiger partial charge in [0.05, 0.1) is 10.9 Å². The first kappa shape index (κ1) is 14.5. The molecule has 0 aliphatic carbocycles. The number of carbonyl (C=O) groups excluding carboxylic acids is 1. The van der Waals surface area contributed by atoms with Crippen molar-refractivity contribution in [1.29, 1.82) is 0 Å². The molecule has 0 aromatic heterocycles. The lowest BCUT2D eigenvalue weighted by Crippen LogP contribution is -2.35. The molecule has 17 heavy (non-hydrogen) atoms. The molecule has 1 rings (SSSR count). The number of rotatable bonds is 4. The second kappa shape index (κ2) is 6.41. The summed E-state index contributed by atoms with van der Waals surface area (Å²) >= 11 is 9.21. The minimum Gasteiger partial charge on any atom is -0.349 e. The Hall–Kier alpha value is -0.540. The SMILES string of the molecule is CC(NC(=O)C(Br)C(C)C)c1ccc(Cl)cc1. The Kier molecular flexibility index (Phi) is 5.47. The van der Waals surface area contributed by atoms with Crippen LogP contribution in [0, 0.1) is 5.92 Å². The number of alkyl halides is 1. The average molecular weight is 319 g/mol. The number of nitrogens with one attached hydrogen (secondary N) is 1. The summed E-state index contributed by atoms with van der Waals surface area (Å²) in [5.41, 5.74) is 1.05. The van der Waals surface area contributed by atoms with Gasteiger partial charge in [-0.3, -0.25) is 4.79 Å². The highest BCUT2D eigenvalue weighted by Gasteiger charge is 2.20. The van der Waals surface area contributed by atoms with E-state index in [9.17, 15) is 4.79 Å².